The summed E-state index contributed by atoms with van der Waals surface area (Å²) < 4.78 is 0. The molecule has 2 bridgehead atoms. The van der Waals surface area contributed by atoms with Gasteiger partial charge in [-0.25, -0.2) is 0 Å². The minimum atomic E-state index is -0.710. The predicted octanol–water partition coefficient (Wildman–Crippen LogP) is 19.8. The van der Waals surface area contributed by atoms with Crippen LogP contribution in [0, 0.1) is 17.3 Å². The van der Waals surface area contributed by atoms with Crippen molar-refractivity contribution in [2.45, 2.75) is 42.9 Å². The van der Waals surface area contributed by atoms with E-state index in [4.69, 9.17) is 0 Å². The van der Waals surface area contributed by atoms with Crippen LogP contribution >= 0.6 is 0 Å². The van der Waals surface area contributed by atoms with Crippen LogP contribution in [0.3, 0.4) is 0 Å². The van der Waals surface area contributed by atoms with E-state index >= 15 is 0 Å². The van der Waals surface area contributed by atoms with Crippen LogP contribution in [-0.2, 0) is 5.41 Å². The van der Waals surface area contributed by atoms with Crippen LogP contribution in [0.25, 0.3) is 77.9 Å². The smallest absolute Gasteiger partial charge is 0.0738 e. The standard InChI is InChI=1S/C76H55N/c1-4-22-48(23-5-1)54-28-10-14-32-58(54)61-36-18-38-63-64-39-19-37-62(59-33-15-11-29-55(59)49-24-6-2-7-25-49)74(64)76(73(61)63)66-40-17-16-34-65(66)72-67(76)41-21-43-70(72)77(53-26-8-3-9-27-53)69-42-20-35-60-57-31-13-12-30-56(57)50-44-51-45-52-46-68(71(60)69)75(51,52)47-50/h1-43,50-52,68H,44-47H2. The number of fused-ring (bicyclic) bond motifs is 16. The third-order valence-electron chi connectivity index (χ3n) is 19.9. The molecule has 0 saturated heterocycles. The minimum absolute atomic E-state index is 0.386. The Labute approximate surface area is 451 Å². The van der Waals surface area contributed by atoms with E-state index in [2.05, 4.69) is 266 Å². The maximum Gasteiger partial charge on any atom is 0.0738 e. The van der Waals surface area contributed by atoms with Crippen LogP contribution in [0.15, 0.2) is 261 Å². The molecular weight excluding hydrogens is 927 g/mol. The normalized spacial score (nSPS) is 20.7. The van der Waals surface area contributed by atoms with Crippen LogP contribution in [0.4, 0.5) is 17.1 Å². The van der Waals surface area contributed by atoms with Crippen LogP contribution in [-0.4, -0.2) is 0 Å². The molecule has 11 aromatic rings. The zero-order valence-electron chi connectivity index (χ0n) is 42.9. The number of para-hydroxylation sites is 1. The third kappa shape index (κ3) is 5.79. The lowest BCUT2D eigenvalue weighted by molar-refractivity contribution is -0.144. The second-order valence-electron chi connectivity index (χ2n) is 22.9. The van der Waals surface area contributed by atoms with Crippen molar-refractivity contribution in [1.29, 1.82) is 0 Å². The molecule has 3 fully saturated rings. The summed E-state index contributed by atoms with van der Waals surface area (Å²) in [6, 6.07) is 99.5. The van der Waals surface area contributed by atoms with Gasteiger partial charge in [0.15, 0.2) is 0 Å². The molecule has 0 N–H and O–H groups in total. The van der Waals surface area contributed by atoms with Crippen LogP contribution in [0.1, 0.15) is 70.9 Å². The Morgan fingerprint density at radius 3 is 1.42 bits per heavy atom. The highest BCUT2D eigenvalue weighted by Gasteiger charge is 2.71. The van der Waals surface area contributed by atoms with Crippen molar-refractivity contribution < 1.29 is 0 Å². The van der Waals surface area contributed by atoms with Gasteiger partial charge in [0.25, 0.3) is 0 Å². The van der Waals surface area contributed by atoms with Gasteiger partial charge in [0, 0.05) is 11.3 Å². The molecule has 0 amide bonds. The summed E-state index contributed by atoms with van der Waals surface area (Å²) in [5.74, 6) is 2.79. The maximum atomic E-state index is 2.70. The molecule has 5 atom stereocenters. The Morgan fingerprint density at radius 2 is 0.779 bits per heavy atom. The van der Waals surface area contributed by atoms with Gasteiger partial charge in [-0.15, -0.1) is 0 Å². The van der Waals surface area contributed by atoms with Crippen molar-refractivity contribution in [2.75, 3.05) is 4.90 Å². The molecular formula is C76H55N. The lowest BCUT2D eigenvalue weighted by atomic mass is 9.37. The molecule has 77 heavy (non-hydrogen) atoms. The summed E-state index contributed by atoms with van der Waals surface area (Å²) in [4.78, 5) is 2.70. The fourth-order valence-electron chi connectivity index (χ4n) is 17.0. The van der Waals surface area contributed by atoms with Crippen molar-refractivity contribution >= 4 is 17.1 Å². The Bertz CT molecular complexity index is 4070. The number of anilines is 3. The van der Waals surface area contributed by atoms with E-state index in [0.29, 0.717) is 17.3 Å². The molecule has 5 unspecified atom stereocenters. The first-order valence-corrected chi connectivity index (χ1v) is 28.1. The van der Waals surface area contributed by atoms with Gasteiger partial charge in [-0.05, 0) is 185 Å². The average Bonchev–Trinajstić information content (AvgIpc) is 3.76. The molecule has 1 nitrogen and oxygen atoms in total. The van der Waals surface area contributed by atoms with Crippen LogP contribution < -0.4 is 4.90 Å². The van der Waals surface area contributed by atoms with Gasteiger partial charge in [-0.3, -0.25) is 0 Å². The highest BCUT2D eigenvalue weighted by Crippen LogP contribution is 2.81. The summed E-state index contributed by atoms with van der Waals surface area (Å²) in [7, 11) is 0. The third-order valence-corrected chi connectivity index (χ3v) is 19.9. The fourth-order valence-corrected chi connectivity index (χ4v) is 17.0. The Kier molecular flexibility index (Phi) is 9.23. The maximum absolute atomic E-state index is 2.70. The summed E-state index contributed by atoms with van der Waals surface area (Å²) in [5, 5.41) is 0. The number of hydrogen-bond donors (Lipinski definition) is 0. The minimum Gasteiger partial charge on any atom is -0.310 e. The zero-order valence-corrected chi connectivity index (χ0v) is 42.9. The molecule has 1 heteroatoms. The number of rotatable bonds is 7. The molecule has 0 radical (unpaired) electrons. The predicted molar refractivity (Wildman–Crippen MR) is 318 cm³/mol. The van der Waals surface area contributed by atoms with E-state index in [1.54, 1.807) is 11.1 Å². The average molecular weight is 982 g/mol. The molecule has 11 aromatic carbocycles. The van der Waals surface area contributed by atoms with Gasteiger partial charge >= 0.3 is 0 Å². The summed E-state index contributed by atoms with van der Waals surface area (Å²) in [6.07, 6.45) is 5.34. The van der Waals surface area contributed by atoms with E-state index in [-0.39, 0.29) is 0 Å². The zero-order chi connectivity index (χ0) is 50.4. The SMILES string of the molecule is c1ccc(-c2ccccc2-c2cccc3c2C2(c4ccccc4-c4c(N(c5ccccc5)c5cccc6c5C5CC7CC8CC(CC875)c5ccccc5-6)cccc42)c2c(-c4ccccc4-c4ccccc4)cccc2-3)cc1. The van der Waals surface area contributed by atoms with Gasteiger partial charge in [0.05, 0.1) is 16.8 Å². The lowest BCUT2D eigenvalue weighted by Gasteiger charge is -2.67. The monoisotopic (exact) mass is 981 g/mol. The van der Waals surface area contributed by atoms with Crippen LogP contribution in [0.2, 0.25) is 0 Å². The molecule has 3 saturated carbocycles. The molecule has 17 rings (SSSR count). The second-order valence-corrected chi connectivity index (χ2v) is 22.9. The number of nitrogens with zero attached hydrogens (tertiary/aromatic N) is 1. The molecule has 2 spiro atoms. The molecule has 364 valence electrons. The van der Waals surface area contributed by atoms with Crippen molar-refractivity contribution in [1.82, 2.24) is 0 Å². The summed E-state index contributed by atoms with van der Waals surface area (Å²) >= 11 is 0. The highest BCUT2D eigenvalue weighted by molar-refractivity contribution is 6.07. The quantitative estimate of drug-likeness (QED) is 0.154. The second kappa shape index (κ2) is 16.4. The van der Waals surface area contributed by atoms with Crippen molar-refractivity contribution in [3.8, 4) is 77.9 Å². The first-order valence-electron chi connectivity index (χ1n) is 28.1. The lowest BCUT2D eigenvalue weighted by Crippen LogP contribution is -2.59. The Balaban J connectivity index is 0.987. The number of benzene rings is 11. The van der Waals surface area contributed by atoms with Crippen molar-refractivity contribution in [3.05, 3.63) is 294 Å². The first kappa shape index (κ1) is 43.5. The molecule has 6 aliphatic carbocycles. The summed E-state index contributed by atoms with van der Waals surface area (Å²) in [5.41, 5.74) is 29.9. The van der Waals surface area contributed by atoms with Gasteiger partial charge in [0.1, 0.15) is 0 Å². The van der Waals surface area contributed by atoms with E-state index in [1.165, 1.54) is 143 Å². The number of hydrogen-bond acceptors (Lipinski definition) is 1. The Hall–Kier alpha value is -8.78. The van der Waals surface area contributed by atoms with Gasteiger partial charge in [-0.2, -0.15) is 0 Å². The van der Waals surface area contributed by atoms with E-state index < -0.39 is 5.41 Å². The van der Waals surface area contributed by atoms with Gasteiger partial charge in [0.2, 0.25) is 0 Å². The van der Waals surface area contributed by atoms with Crippen molar-refractivity contribution in [3.63, 3.8) is 0 Å². The fraction of sp³-hybridized carbons (Fsp3) is 0.132. The van der Waals surface area contributed by atoms with E-state index in [1.807, 2.05) is 0 Å². The molecule has 0 aliphatic heterocycles. The topological polar surface area (TPSA) is 3.24 Å². The Morgan fingerprint density at radius 1 is 0.325 bits per heavy atom. The first-order chi connectivity index (χ1) is 38.2. The highest BCUT2D eigenvalue weighted by atomic mass is 15.2. The van der Waals surface area contributed by atoms with Crippen LogP contribution in [0.5, 0.6) is 0 Å². The van der Waals surface area contributed by atoms with Crippen molar-refractivity contribution in [2.24, 2.45) is 17.3 Å². The molecule has 6 aliphatic rings. The van der Waals surface area contributed by atoms with Gasteiger partial charge in [-0.1, -0.05) is 237 Å². The largest absolute Gasteiger partial charge is 0.310 e. The van der Waals surface area contributed by atoms with E-state index in [9.17, 15) is 0 Å². The molecule has 0 aromatic heterocycles. The summed E-state index contributed by atoms with van der Waals surface area (Å²) in [6.45, 7) is 0. The van der Waals surface area contributed by atoms with E-state index in [0.717, 1.165) is 11.8 Å². The molecule has 0 heterocycles. The van der Waals surface area contributed by atoms with Gasteiger partial charge < -0.3 is 4.90 Å².